The second-order valence-corrected chi connectivity index (χ2v) is 31.4. The van der Waals surface area contributed by atoms with Gasteiger partial charge in [-0.2, -0.15) is 0 Å². The summed E-state index contributed by atoms with van der Waals surface area (Å²) in [6.45, 7) is 0. The molecule has 0 atom stereocenters. The molecule has 0 saturated carbocycles. The van der Waals surface area contributed by atoms with Crippen LogP contribution in [0.3, 0.4) is 0 Å². The minimum absolute atomic E-state index is 0.896. The van der Waals surface area contributed by atoms with Gasteiger partial charge in [0.2, 0.25) is 0 Å². The fourth-order valence-corrected chi connectivity index (χ4v) is 29.2. The number of methoxy groups -OCH3 is 2. The van der Waals surface area contributed by atoms with Crippen LogP contribution < -0.4 is 16.6 Å². The molecule has 2 heterocycles. The number of benzene rings is 10. The predicted molar refractivity (Wildman–Crippen MR) is 316 cm³/mol. The molecule has 10 aromatic carbocycles. The van der Waals surface area contributed by atoms with E-state index in [0.717, 1.165) is 11.5 Å². The molecule has 4 heteroatoms. The quantitative estimate of drug-likeness (QED) is 0.114. The molecule has 2 aliphatic rings. The van der Waals surface area contributed by atoms with Gasteiger partial charge in [0.1, 0.15) is 0 Å². The van der Waals surface area contributed by atoms with E-state index in [9.17, 15) is 0 Å². The summed E-state index contributed by atoms with van der Waals surface area (Å²) in [5.74, 6) is 1.79. The van der Waals surface area contributed by atoms with E-state index in [-0.39, 0.29) is 0 Å². The van der Waals surface area contributed by atoms with Gasteiger partial charge >= 0.3 is 454 Å². The van der Waals surface area contributed by atoms with E-state index in [1.54, 1.807) is 14.2 Å². The standard InChI is InChI=1S/2C28H20.2C7H7O.2Sn/c2*1-5-13-23(14-6-1)21-27(25-17-9-3-10-18-25)28(26-19-11-4-12-20-26)22-24-15-7-2-8-16-24;2*1-8-7-5-3-2-4-6-7;;/h2*1-20H;2*3-6H,1H3;;. The second-order valence-electron chi connectivity index (χ2n) is 18.1. The molecule has 0 N–H and O–H groups in total. The summed E-state index contributed by atoms with van der Waals surface area (Å²) in [5.41, 5.74) is 15.9. The van der Waals surface area contributed by atoms with Crippen LogP contribution in [0.15, 0.2) is 291 Å². The normalized spacial score (nSPS) is 13.8. The Morgan fingerprint density at radius 3 is 0.554 bits per heavy atom. The zero-order valence-electron chi connectivity index (χ0n) is 41.5. The Hall–Kier alpha value is -7.64. The molecule has 74 heavy (non-hydrogen) atoms. The van der Waals surface area contributed by atoms with E-state index in [4.69, 9.17) is 9.47 Å². The number of hydrogen-bond donors (Lipinski definition) is 0. The number of hydrogen-bond acceptors (Lipinski definition) is 2. The fraction of sp³-hybridized carbons (Fsp3) is 0.0286. The Kier molecular flexibility index (Phi) is 15.1. The van der Waals surface area contributed by atoms with Gasteiger partial charge in [-0.25, -0.2) is 0 Å². The van der Waals surface area contributed by atoms with Crippen molar-refractivity contribution in [3.05, 3.63) is 336 Å². The molecule has 10 aromatic rings. The Morgan fingerprint density at radius 2 is 0.378 bits per heavy atom. The zero-order valence-corrected chi connectivity index (χ0v) is 47.2. The van der Waals surface area contributed by atoms with Crippen molar-refractivity contribution in [1.29, 1.82) is 0 Å². The summed E-state index contributed by atoms with van der Waals surface area (Å²) in [5, 5.41) is 0. The van der Waals surface area contributed by atoms with Gasteiger partial charge in [0.15, 0.2) is 0 Å². The van der Waals surface area contributed by atoms with E-state index in [0.29, 0.717) is 0 Å². The second kappa shape index (κ2) is 23.1. The third kappa shape index (κ3) is 10.0. The van der Waals surface area contributed by atoms with Crippen LogP contribution in [-0.4, -0.2) is 53.7 Å². The number of allylic oxidation sites excluding steroid dienone is 4. The molecule has 0 bridgehead atoms. The Labute approximate surface area is 450 Å². The zero-order chi connectivity index (χ0) is 50.1. The molecule has 0 aliphatic carbocycles. The van der Waals surface area contributed by atoms with Gasteiger partial charge in [0.25, 0.3) is 0 Å². The molecule has 0 spiro atoms. The molecule has 2 nitrogen and oxygen atoms in total. The fourth-order valence-electron chi connectivity index (χ4n) is 10.5. The van der Waals surface area contributed by atoms with Crippen LogP contribution in [0.4, 0.5) is 0 Å². The maximum atomic E-state index is 5.53. The first-order chi connectivity index (χ1) is 36.7. The van der Waals surface area contributed by atoms with Crippen molar-refractivity contribution in [2.75, 3.05) is 14.2 Å². The maximum absolute atomic E-state index is 5.53. The van der Waals surface area contributed by atoms with Gasteiger partial charge in [-0.05, 0) is 0 Å². The van der Waals surface area contributed by atoms with Crippen LogP contribution in [0.1, 0.15) is 44.5 Å². The van der Waals surface area contributed by atoms with Crippen LogP contribution in [-0.2, 0) is 0 Å². The molecule has 2 radical (unpaired) electrons. The summed E-state index contributed by atoms with van der Waals surface area (Å²) < 4.78 is 20.1. The van der Waals surface area contributed by atoms with Crippen molar-refractivity contribution in [2.45, 2.75) is 0 Å². The van der Waals surface area contributed by atoms with Crippen LogP contribution in [0.2, 0.25) is 0 Å². The van der Waals surface area contributed by atoms with E-state index in [2.05, 4.69) is 291 Å². The Morgan fingerprint density at radius 1 is 0.203 bits per heavy atom. The average Bonchev–Trinajstić information content (AvgIpc) is 4.05. The molecule has 354 valence electrons. The van der Waals surface area contributed by atoms with Gasteiger partial charge in [-0.1, -0.05) is 0 Å². The van der Waals surface area contributed by atoms with Crippen LogP contribution in [0, 0.1) is 0 Å². The van der Waals surface area contributed by atoms with Crippen molar-refractivity contribution >= 4 is 83.3 Å². The molecule has 0 unspecified atom stereocenters. The van der Waals surface area contributed by atoms with Gasteiger partial charge < -0.3 is 0 Å². The summed E-state index contributed by atoms with van der Waals surface area (Å²) in [6.07, 6.45) is 0. The van der Waals surface area contributed by atoms with E-state index in [1.807, 2.05) is 0 Å². The van der Waals surface area contributed by atoms with Gasteiger partial charge in [-0.15, -0.1) is 0 Å². The molecular weight excluding hydrogens is 1110 g/mol. The monoisotopic (exact) mass is 1170 g/mol. The Bertz CT molecular complexity index is 3150. The van der Waals surface area contributed by atoms with Crippen molar-refractivity contribution in [3.63, 3.8) is 0 Å². The summed E-state index contributed by atoms with van der Waals surface area (Å²) in [4.78, 5) is 0. The van der Waals surface area contributed by atoms with Crippen LogP contribution >= 0.6 is 0 Å². The molecule has 2 aliphatic heterocycles. The van der Waals surface area contributed by atoms with Crippen molar-refractivity contribution in [1.82, 2.24) is 0 Å². The Balaban J connectivity index is 0.000000159. The predicted octanol–water partition coefficient (Wildman–Crippen LogP) is 15.4. The van der Waals surface area contributed by atoms with Gasteiger partial charge in [0, 0.05) is 0 Å². The summed E-state index contributed by atoms with van der Waals surface area (Å²) >= 11 is -5.44. The molecular formula is C70H54O2Sn2. The summed E-state index contributed by atoms with van der Waals surface area (Å²) in [6, 6.07) is 106. The van der Waals surface area contributed by atoms with Crippen LogP contribution in [0.5, 0.6) is 11.5 Å². The molecule has 0 amide bonds. The van der Waals surface area contributed by atoms with Gasteiger partial charge in [0.05, 0.1) is 0 Å². The van der Waals surface area contributed by atoms with Gasteiger partial charge in [-0.3, -0.25) is 0 Å². The molecule has 0 fully saturated rings. The first-order valence-corrected chi connectivity index (χ1v) is 33.7. The topological polar surface area (TPSA) is 18.5 Å². The molecule has 0 saturated heterocycles. The van der Waals surface area contributed by atoms with Crippen LogP contribution in [0.25, 0.3) is 36.6 Å². The average molecular weight is 1160 g/mol. The van der Waals surface area contributed by atoms with Crippen molar-refractivity contribution in [2.24, 2.45) is 0 Å². The third-order valence-electron chi connectivity index (χ3n) is 13.8. The SMILES string of the molecule is COc1cc[c]([Sn]2[C](c3ccccc3)=C(c3ccccc3)C(c3ccccc3)=[C]2c2ccccc2)cc1.COc1cc[c]([Sn]2[C](c3ccccc3)=C(c3ccccc3)C(c3ccccc3)=[C]2c2ccccc2)cc1. The first-order valence-electron chi connectivity index (χ1n) is 25.2. The third-order valence-corrected chi connectivity index (χ3v) is 30.8. The summed E-state index contributed by atoms with van der Waals surface area (Å²) in [7, 11) is 3.47. The van der Waals surface area contributed by atoms with E-state index in [1.165, 1.54) is 88.3 Å². The molecule has 12 rings (SSSR count). The minimum atomic E-state index is -2.72. The number of rotatable bonds is 12. The van der Waals surface area contributed by atoms with Crippen molar-refractivity contribution < 1.29 is 9.47 Å². The van der Waals surface area contributed by atoms with Crippen molar-refractivity contribution in [3.8, 4) is 11.5 Å². The van der Waals surface area contributed by atoms with E-state index < -0.39 is 39.5 Å². The first kappa shape index (κ1) is 48.6. The molecule has 0 aromatic heterocycles. The van der Waals surface area contributed by atoms with E-state index >= 15 is 0 Å². The number of ether oxygens (including phenoxy) is 2.